The van der Waals surface area contributed by atoms with Gasteiger partial charge in [0.1, 0.15) is 0 Å². The van der Waals surface area contributed by atoms with E-state index in [-0.39, 0.29) is 29.5 Å². The van der Waals surface area contributed by atoms with Gasteiger partial charge in [-0.1, -0.05) is 42.0 Å². The van der Waals surface area contributed by atoms with Crippen LogP contribution in [0.3, 0.4) is 0 Å². The Morgan fingerprint density at radius 1 is 1.12 bits per heavy atom. The van der Waals surface area contributed by atoms with Crippen molar-refractivity contribution < 1.29 is 0 Å². The normalized spacial score (nSPS) is 15.6. The lowest BCUT2D eigenvalue weighted by molar-refractivity contribution is 0.372. The fraction of sp³-hybridized carbons (Fsp3) is 0.550. The summed E-state index contributed by atoms with van der Waals surface area (Å²) in [5, 5.41) is 6.96. The first-order valence-corrected chi connectivity index (χ1v) is 8.93. The second-order valence-corrected chi connectivity index (χ2v) is 7.35. The summed E-state index contributed by atoms with van der Waals surface area (Å²) < 4.78 is 0. The van der Waals surface area contributed by atoms with E-state index in [1.165, 1.54) is 11.1 Å². The van der Waals surface area contributed by atoms with Crippen LogP contribution in [0.4, 0.5) is 0 Å². The second-order valence-electron chi connectivity index (χ2n) is 7.35. The summed E-state index contributed by atoms with van der Waals surface area (Å²) in [6.45, 7) is 10.5. The maximum absolute atomic E-state index is 4.44. The molecule has 0 saturated carbocycles. The molecule has 1 saturated heterocycles. The van der Waals surface area contributed by atoms with Crippen LogP contribution in [0.2, 0.25) is 0 Å². The van der Waals surface area contributed by atoms with Gasteiger partial charge in [-0.3, -0.25) is 4.99 Å². The van der Waals surface area contributed by atoms with Crippen molar-refractivity contribution in [2.45, 2.75) is 39.2 Å². The van der Waals surface area contributed by atoms with E-state index in [2.05, 4.69) is 77.7 Å². The molecule has 0 radical (unpaired) electrons. The molecular formula is C20H33IN4. The molecule has 1 aliphatic heterocycles. The number of piperidine rings is 1. The number of aliphatic imine (C=N–C) groups is 1. The summed E-state index contributed by atoms with van der Waals surface area (Å²) in [4.78, 5) is 6.80. The van der Waals surface area contributed by atoms with Crippen molar-refractivity contribution in [2.24, 2.45) is 4.99 Å². The largest absolute Gasteiger partial charge is 0.355 e. The number of hydrogen-bond acceptors (Lipinski definition) is 2. The van der Waals surface area contributed by atoms with E-state index in [0.717, 1.165) is 45.0 Å². The highest BCUT2D eigenvalue weighted by Crippen LogP contribution is 2.19. The maximum atomic E-state index is 4.44. The first-order valence-electron chi connectivity index (χ1n) is 8.93. The number of guanidine groups is 1. The van der Waals surface area contributed by atoms with Crippen molar-refractivity contribution in [3.8, 4) is 0 Å². The molecule has 0 unspecified atom stereocenters. The monoisotopic (exact) mass is 456 g/mol. The van der Waals surface area contributed by atoms with Crippen molar-refractivity contribution >= 4 is 36.0 Å². The van der Waals surface area contributed by atoms with E-state index >= 15 is 0 Å². The van der Waals surface area contributed by atoms with Crippen LogP contribution in [0.1, 0.15) is 39.2 Å². The first kappa shape index (κ1) is 22.0. The Balaban J connectivity index is 0.00000312. The Hall–Kier alpha value is -1.08. The van der Waals surface area contributed by atoms with Gasteiger partial charge in [-0.2, -0.15) is 0 Å². The molecule has 0 atom stereocenters. The lowest BCUT2D eigenvalue weighted by Gasteiger charge is -2.31. The number of hydrogen-bond donors (Lipinski definition) is 2. The Bertz CT molecular complexity index is 551. The molecule has 1 heterocycles. The molecule has 140 valence electrons. The van der Waals surface area contributed by atoms with Crippen molar-refractivity contribution in [1.82, 2.24) is 15.5 Å². The van der Waals surface area contributed by atoms with Crippen LogP contribution in [0.5, 0.6) is 0 Å². The topological polar surface area (TPSA) is 39.7 Å². The van der Waals surface area contributed by atoms with Crippen LogP contribution in [-0.2, 0) is 0 Å². The molecular weight excluding hydrogens is 423 g/mol. The van der Waals surface area contributed by atoms with Gasteiger partial charge in [0.15, 0.2) is 5.96 Å². The van der Waals surface area contributed by atoms with Gasteiger partial charge in [-0.25, -0.2) is 0 Å². The minimum absolute atomic E-state index is 0. The van der Waals surface area contributed by atoms with Gasteiger partial charge in [0.05, 0.1) is 0 Å². The Kier molecular flexibility index (Phi) is 9.50. The number of nitrogens with one attached hydrogen (secondary N) is 2. The summed E-state index contributed by atoms with van der Waals surface area (Å²) in [6.07, 6.45) is 4.55. The molecule has 2 rings (SSSR count). The number of benzene rings is 1. The number of likely N-dealkylation sites (tertiary alicyclic amines) is 1. The Labute approximate surface area is 170 Å². The van der Waals surface area contributed by atoms with Crippen LogP contribution in [0.15, 0.2) is 40.9 Å². The minimum atomic E-state index is 0. The Morgan fingerprint density at radius 2 is 1.76 bits per heavy atom. The fourth-order valence-electron chi connectivity index (χ4n) is 2.88. The highest BCUT2D eigenvalue weighted by molar-refractivity contribution is 14.0. The fourth-order valence-corrected chi connectivity index (χ4v) is 2.88. The SMILES string of the molecule is CN=C(NCCNC(C)(C)C)N1CCC(=Cc2ccccc2)CC1.I. The Morgan fingerprint density at radius 3 is 2.32 bits per heavy atom. The average Bonchev–Trinajstić information content (AvgIpc) is 2.56. The van der Waals surface area contributed by atoms with Gasteiger partial charge < -0.3 is 15.5 Å². The van der Waals surface area contributed by atoms with Gasteiger partial charge in [0, 0.05) is 38.8 Å². The maximum Gasteiger partial charge on any atom is 0.193 e. The molecule has 5 heteroatoms. The van der Waals surface area contributed by atoms with Gasteiger partial charge >= 0.3 is 0 Å². The lowest BCUT2D eigenvalue weighted by Crippen LogP contribution is -2.47. The number of rotatable bonds is 4. The minimum Gasteiger partial charge on any atom is -0.355 e. The quantitative estimate of drug-likeness (QED) is 0.314. The van der Waals surface area contributed by atoms with Crippen molar-refractivity contribution in [2.75, 3.05) is 33.2 Å². The predicted molar refractivity (Wildman–Crippen MR) is 120 cm³/mol. The van der Waals surface area contributed by atoms with Crippen LogP contribution >= 0.6 is 24.0 Å². The average molecular weight is 456 g/mol. The number of nitrogens with zero attached hydrogens (tertiary/aromatic N) is 2. The number of halogens is 1. The third-order valence-corrected chi connectivity index (χ3v) is 4.15. The third-order valence-electron chi connectivity index (χ3n) is 4.15. The summed E-state index contributed by atoms with van der Waals surface area (Å²) in [7, 11) is 1.87. The van der Waals surface area contributed by atoms with Gasteiger partial charge in [0.2, 0.25) is 0 Å². The summed E-state index contributed by atoms with van der Waals surface area (Å²) in [5.74, 6) is 1.02. The molecule has 0 aromatic heterocycles. The van der Waals surface area contributed by atoms with E-state index < -0.39 is 0 Å². The van der Waals surface area contributed by atoms with E-state index in [0.29, 0.717) is 0 Å². The highest BCUT2D eigenvalue weighted by atomic mass is 127. The van der Waals surface area contributed by atoms with Crippen LogP contribution < -0.4 is 10.6 Å². The summed E-state index contributed by atoms with van der Waals surface area (Å²) in [6, 6.07) is 10.6. The highest BCUT2D eigenvalue weighted by Gasteiger charge is 2.17. The molecule has 0 aliphatic carbocycles. The molecule has 2 N–H and O–H groups in total. The summed E-state index contributed by atoms with van der Waals surface area (Å²) >= 11 is 0. The van der Waals surface area contributed by atoms with Crippen LogP contribution in [0.25, 0.3) is 6.08 Å². The van der Waals surface area contributed by atoms with Crippen LogP contribution in [0, 0.1) is 0 Å². The van der Waals surface area contributed by atoms with Crippen molar-refractivity contribution in [3.05, 3.63) is 41.5 Å². The lowest BCUT2D eigenvalue weighted by atomic mass is 10.0. The van der Waals surface area contributed by atoms with E-state index in [1.807, 2.05) is 7.05 Å². The molecule has 4 nitrogen and oxygen atoms in total. The zero-order valence-corrected chi connectivity index (χ0v) is 18.3. The zero-order chi connectivity index (χ0) is 17.4. The molecule has 0 bridgehead atoms. The van der Waals surface area contributed by atoms with E-state index in [4.69, 9.17) is 0 Å². The molecule has 0 spiro atoms. The van der Waals surface area contributed by atoms with E-state index in [1.54, 1.807) is 0 Å². The van der Waals surface area contributed by atoms with Gasteiger partial charge in [-0.05, 0) is 39.2 Å². The molecule has 0 amide bonds. The van der Waals surface area contributed by atoms with Crippen molar-refractivity contribution in [3.63, 3.8) is 0 Å². The van der Waals surface area contributed by atoms with Gasteiger partial charge in [0.25, 0.3) is 0 Å². The second kappa shape index (κ2) is 10.8. The molecule has 1 aliphatic rings. The van der Waals surface area contributed by atoms with Gasteiger partial charge in [-0.15, -0.1) is 24.0 Å². The molecule has 1 fully saturated rings. The zero-order valence-electron chi connectivity index (χ0n) is 16.0. The molecule has 1 aromatic rings. The van der Waals surface area contributed by atoms with E-state index in [9.17, 15) is 0 Å². The third kappa shape index (κ3) is 8.23. The standard InChI is InChI=1S/C20H32N4.HI/c1-20(2,3)23-13-12-22-19(21-4)24-14-10-18(11-15-24)16-17-8-6-5-7-9-17;/h5-9,16,23H,10-15H2,1-4H3,(H,21,22);1H. The molecule has 1 aromatic carbocycles. The summed E-state index contributed by atoms with van der Waals surface area (Å²) in [5.41, 5.74) is 2.99. The van der Waals surface area contributed by atoms with Crippen LogP contribution in [-0.4, -0.2) is 49.6 Å². The smallest absolute Gasteiger partial charge is 0.193 e. The predicted octanol–water partition coefficient (Wildman–Crippen LogP) is 3.75. The molecule has 25 heavy (non-hydrogen) atoms. The van der Waals surface area contributed by atoms with Crippen molar-refractivity contribution in [1.29, 1.82) is 0 Å². The first-order chi connectivity index (χ1) is 11.5.